The molecule has 0 bridgehead atoms. The molecule has 0 radical (unpaired) electrons. The lowest BCUT2D eigenvalue weighted by Gasteiger charge is -2.11. The molecule has 0 saturated carbocycles. The number of pyridine rings is 1. The Labute approximate surface area is 121 Å². The van der Waals surface area contributed by atoms with Crippen molar-refractivity contribution in [2.45, 2.75) is 11.8 Å². The molecule has 0 atom stereocenters. The summed E-state index contributed by atoms with van der Waals surface area (Å²) < 4.78 is 29.2. The summed E-state index contributed by atoms with van der Waals surface area (Å²) in [6, 6.07) is 4.45. The summed E-state index contributed by atoms with van der Waals surface area (Å²) in [6.07, 6.45) is 1.42. The molecular formula is C13H12ClNO4S. The molecule has 20 heavy (non-hydrogen) atoms. The van der Waals surface area contributed by atoms with Crippen molar-refractivity contribution >= 4 is 38.3 Å². The molecule has 106 valence electrons. The van der Waals surface area contributed by atoms with Crippen LogP contribution in [-0.4, -0.2) is 32.2 Å². The summed E-state index contributed by atoms with van der Waals surface area (Å²) in [5.41, 5.74) is 0.444. The van der Waals surface area contributed by atoms with E-state index in [1.165, 1.54) is 32.4 Å². The average molecular weight is 314 g/mol. The van der Waals surface area contributed by atoms with Gasteiger partial charge in [0.2, 0.25) is 0 Å². The molecule has 0 amide bonds. The van der Waals surface area contributed by atoms with Crippen LogP contribution in [0.1, 0.15) is 17.3 Å². The van der Waals surface area contributed by atoms with Gasteiger partial charge in [-0.1, -0.05) is 18.5 Å². The zero-order valence-corrected chi connectivity index (χ0v) is 12.5. The van der Waals surface area contributed by atoms with Crippen molar-refractivity contribution in [3.05, 3.63) is 35.0 Å². The van der Waals surface area contributed by atoms with E-state index in [4.69, 9.17) is 11.6 Å². The first-order chi connectivity index (χ1) is 9.40. The minimum Gasteiger partial charge on any atom is -0.465 e. The number of methoxy groups -OCH3 is 1. The van der Waals surface area contributed by atoms with E-state index in [1.54, 1.807) is 6.07 Å². The predicted molar refractivity (Wildman–Crippen MR) is 75.8 cm³/mol. The van der Waals surface area contributed by atoms with E-state index in [-0.39, 0.29) is 16.2 Å². The summed E-state index contributed by atoms with van der Waals surface area (Å²) >= 11 is 5.88. The minimum absolute atomic E-state index is 0.00841. The Kier molecular flexibility index (Phi) is 3.96. The molecule has 0 spiro atoms. The predicted octanol–water partition coefficient (Wildman–Crippen LogP) is 2.47. The van der Waals surface area contributed by atoms with Crippen LogP contribution in [0.5, 0.6) is 0 Å². The molecule has 7 heteroatoms. The van der Waals surface area contributed by atoms with Crippen LogP contribution in [0.15, 0.2) is 29.3 Å². The molecule has 0 aliphatic rings. The number of aromatic nitrogens is 1. The third-order valence-electron chi connectivity index (χ3n) is 2.88. The largest absolute Gasteiger partial charge is 0.465 e. The second-order valence-electron chi connectivity index (χ2n) is 4.06. The van der Waals surface area contributed by atoms with Crippen molar-refractivity contribution in [1.29, 1.82) is 0 Å². The highest BCUT2D eigenvalue weighted by molar-refractivity contribution is 7.91. The molecule has 1 aromatic heterocycles. The quantitative estimate of drug-likeness (QED) is 0.814. The van der Waals surface area contributed by atoms with Gasteiger partial charge in [0.25, 0.3) is 0 Å². The second-order valence-corrected chi connectivity index (χ2v) is 6.71. The van der Waals surface area contributed by atoms with Crippen molar-refractivity contribution in [3.63, 3.8) is 0 Å². The fraction of sp³-hybridized carbons (Fsp3) is 0.231. The van der Waals surface area contributed by atoms with E-state index >= 15 is 0 Å². The number of hydrogen-bond donors (Lipinski definition) is 0. The number of sulfone groups is 1. The van der Waals surface area contributed by atoms with Gasteiger partial charge in [-0.05, 0) is 18.2 Å². The van der Waals surface area contributed by atoms with Gasteiger partial charge in [0.1, 0.15) is 0 Å². The monoisotopic (exact) mass is 313 g/mol. The lowest BCUT2D eigenvalue weighted by atomic mass is 10.1. The topological polar surface area (TPSA) is 73.3 Å². The Bertz CT molecular complexity index is 786. The van der Waals surface area contributed by atoms with Crippen LogP contribution in [0.3, 0.4) is 0 Å². The van der Waals surface area contributed by atoms with Gasteiger partial charge in [-0.3, -0.25) is 4.98 Å². The van der Waals surface area contributed by atoms with Crippen LogP contribution < -0.4 is 0 Å². The number of fused-ring (bicyclic) bond motifs is 1. The Morgan fingerprint density at radius 2 is 2.10 bits per heavy atom. The van der Waals surface area contributed by atoms with Crippen LogP contribution >= 0.6 is 11.6 Å². The molecule has 0 aliphatic carbocycles. The second kappa shape index (κ2) is 5.38. The van der Waals surface area contributed by atoms with Crippen LogP contribution in [0, 0.1) is 0 Å². The summed E-state index contributed by atoms with van der Waals surface area (Å²) in [5.74, 6) is -0.846. The maximum absolute atomic E-state index is 12.3. The van der Waals surface area contributed by atoms with Gasteiger partial charge in [0.15, 0.2) is 9.84 Å². The summed E-state index contributed by atoms with van der Waals surface area (Å²) in [7, 11) is -2.43. The van der Waals surface area contributed by atoms with Gasteiger partial charge in [-0.2, -0.15) is 0 Å². The van der Waals surface area contributed by atoms with Crippen LogP contribution in [-0.2, 0) is 14.6 Å². The molecule has 1 aromatic carbocycles. The van der Waals surface area contributed by atoms with Crippen molar-refractivity contribution in [2.75, 3.05) is 12.9 Å². The Morgan fingerprint density at radius 3 is 2.70 bits per heavy atom. The summed E-state index contributed by atoms with van der Waals surface area (Å²) in [6.45, 7) is 1.51. The van der Waals surface area contributed by atoms with Crippen LogP contribution in [0.2, 0.25) is 5.02 Å². The number of rotatable bonds is 3. The van der Waals surface area contributed by atoms with E-state index in [9.17, 15) is 13.2 Å². The van der Waals surface area contributed by atoms with E-state index < -0.39 is 15.8 Å². The number of nitrogens with zero attached hydrogens (tertiary/aromatic N) is 1. The molecule has 2 aromatic rings. The Morgan fingerprint density at radius 1 is 1.40 bits per heavy atom. The lowest BCUT2D eigenvalue weighted by Crippen LogP contribution is -2.13. The Balaban J connectivity index is 2.95. The molecule has 0 saturated heterocycles. The van der Waals surface area contributed by atoms with Gasteiger partial charge >= 0.3 is 5.97 Å². The maximum Gasteiger partial charge on any atom is 0.339 e. The number of ether oxygens (including phenoxy) is 1. The lowest BCUT2D eigenvalue weighted by molar-refractivity contribution is 0.0596. The normalized spacial score (nSPS) is 11.6. The van der Waals surface area contributed by atoms with Gasteiger partial charge in [0, 0.05) is 11.6 Å². The molecule has 1 heterocycles. The standard InChI is InChI=1S/C13H12ClNO4S/c1-3-20(17,18)12-9(13(16)19-2)4-5-11-10(12)6-8(14)7-15-11/h4-7H,3H2,1-2H3. The SMILES string of the molecule is CCS(=O)(=O)c1c(C(=O)OC)ccc2ncc(Cl)cc12. The molecule has 2 rings (SSSR count). The number of hydrogen-bond acceptors (Lipinski definition) is 5. The van der Waals surface area contributed by atoms with Gasteiger partial charge in [-0.25, -0.2) is 13.2 Å². The van der Waals surface area contributed by atoms with Crippen LogP contribution in [0.25, 0.3) is 10.9 Å². The average Bonchev–Trinajstić information content (AvgIpc) is 2.44. The van der Waals surface area contributed by atoms with Gasteiger partial charge in [-0.15, -0.1) is 0 Å². The highest BCUT2D eigenvalue weighted by Gasteiger charge is 2.25. The van der Waals surface area contributed by atoms with Crippen molar-refractivity contribution < 1.29 is 17.9 Å². The highest BCUT2D eigenvalue weighted by atomic mass is 35.5. The van der Waals surface area contributed by atoms with E-state index in [2.05, 4.69) is 9.72 Å². The van der Waals surface area contributed by atoms with Crippen LogP contribution in [0.4, 0.5) is 0 Å². The summed E-state index contributed by atoms with van der Waals surface area (Å²) in [4.78, 5) is 15.8. The van der Waals surface area contributed by atoms with Gasteiger partial charge in [0.05, 0.1) is 33.9 Å². The fourth-order valence-corrected chi connectivity index (χ4v) is 3.33. The first kappa shape index (κ1) is 14.7. The van der Waals surface area contributed by atoms with E-state index in [0.29, 0.717) is 15.9 Å². The number of esters is 1. The highest BCUT2D eigenvalue weighted by Crippen LogP contribution is 2.29. The van der Waals surface area contributed by atoms with Crippen molar-refractivity contribution in [2.24, 2.45) is 0 Å². The first-order valence-electron chi connectivity index (χ1n) is 5.80. The summed E-state index contributed by atoms with van der Waals surface area (Å²) in [5, 5.41) is 0.620. The third kappa shape index (κ3) is 2.48. The zero-order chi connectivity index (χ0) is 14.9. The third-order valence-corrected chi connectivity index (χ3v) is 4.91. The molecule has 0 unspecified atom stereocenters. The molecule has 5 nitrogen and oxygen atoms in total. The fourth-order valence-electron chi connectivity index (χ4n) is 1.90. The molecule has 0 fully saturated rings. The molecule has 0 aliphatic heterocycles. The number of carbonyl (C=O) groups is 1. The molecule has 0 N–H and O–H groups in total. The number of halogens is 1. The van der Waals surface area contributed by atoms with E-state index in [0.717, 1.165) is 0 Å². The number of benzene rings is 1. The Hall–Kier alpha value is -1.66. The minimum atomic E-state index is -3.63. The van der Waals surface area contributed by atoms with Crippen molar-refractivity contribution in [3.8, 4) is 0 Å². The van der Waals surface area contributed by atoms with E-state index in [1.807, 2.05) is 0 Å². The number of carbonyl (C=O) groups excluding carboxylic acids is 1. The molecular weight excluding hydrogens is 302 g/mol. The van der Waals surface area contributed by atoms with Gasteiger partial charge < -0.3 is 4.74 Å². The zero-order valence-electron chi connectivity index (χ0n) is 10.9. The first-order valence-corrected chi connectivity index (χ1v) is 7.83. The smallest absolute Gasteiger partial charge is 0.339 e. The maximum atomic E-state index is 12.3. The van der Waals surface area contributed by atoms with Crippen molar-refractivity contribution in [1.82, 2.24) is 4.98 Å².